The molecule has 0 spiro atoms. The molecule has 2 rings (SSSR count). The number of nitrogens with zero attached hydrogens (tertiary/aromatic N) is 1. The lowest BCUT2D eigenvalue weighted by molar-refractivity contribution is 0.0471. The van der Waals surface area contributed by atoms with Crippen LogP contribution >= 0.6 is 11.8 Å². The number of benzene rings is 1. The molecule has 1 heterocycles. The van der Waals surface area contributed by atoms with Crippen LogP contribution in [-0.2, 0) is 11.3 Å². The van der Waals surface area contributed by atoms with Gasteiger partial charge in [-0.1, -0.05) is 6.08 Å². The summed E-state index contributed by atoms with van der Waals surface area (Å²) in [6.45, 7) is 7.84. The van der Waals surface area contributed by atoms with Crippen molar-refractivity contribution in [3.05, 3.63) is 59.4 Å². The maximum atomic E-state index is 12.5. The maximum absolute atomic E-state index is 12.5. The number of thioether (sulfide) groups is 1. The number of esters is 1. The number of hydrogen-bond acceptors (Lipinski definition) is 5. The van der Waals surface area contributed by atoms with Crippen molar-refractivity contribution in [3.8, 4) is 5.75 Å². The quantitative estimate of drug-likeness (QED) is 0.302. The van der Waals surface area contributed by atoms with Gasteiger partial charge in [0.25, 0.3) is 0 Å². The minimum atomic E-state index is -0.581. The lowest BCUT2D eigenvalue weighted by atomic mass is 10.1. The fourth-order valence-electron chi connectivity index (χ4n) is 2.75. The van der Waals surface area contributed by atoms with Gasteiger partial charge in [-0.2, -0.15) is 0 Å². The van der Waals surface area contributed by atoms with E-state index in [4.69, 9.17) is 9.47 Å². The maximum Gasteiger partial charge on any atom is 0.342 e. The average molecular weight is 373 g/mol. The number of carbonyl (C=O) groups excluding carboxylic acids is 2. The van der Waals surface area contributed by atoms with Crippen molar-refractivity contribution in [1.29, 1.82) is 0 Å². The second kappa shape index (κ2) is 8.76. The van der Waals surface area contributed by atoms with E-state index in [0.717, 1.165) is 16.3 Å². The standard InChI is InChI=1S/C20H23NO4S/c1-6-9-21-13(2)10-17(14(21)3)18(22)12-25-20(23)16-8-7-15(26-5)11-19(16)24-4/h6-8,10-11H,1,9,12H2,2-5H3. The highest BCUT2D eigenvalue weighted by Gasteiger charge is 2.19. The van der Waals surface area contributed by atoms with E-state index in [1.165, 1.54) is 7.11 Å². The predicted molar refractivity (Wildman–Crippen MR) is 103 cm³/mol. The van der Waals surface area contributed by atoms with Gasteiger partial charge in [0.15, 0.2) is 6.61 Å². The Morgan fingerprint density at radius 1 is 1.23 bits per heavy atom. The highest BCUT2D eigenvalue weighted by Crippen LogP contribution is 2.26. The number of ether oxygens (including phenoxy) is 2. The number of carbonyl (C=O) groups is 2. The zero-order valence-electron chi connectivity index (χ0n) is 15.5. The van der Waals surface area contributed by atoms with E-state index in [1.54, 1.807) is 30.0 Å². The molecule has 0 N–H and O–H groups in total. The van der Waals surface area contributed by atoms with Gasteiger partial charge in [-0.05, 0) is 44.4 Å². The van der Waals surface area contributed by atoms with Crippen LogP contribution in [0.15, 0.2) is 41.8 Å². The van der Waals surface area contributed by atoms with Gasteiger partial charge in [-0.25, -0.2) is 4.79 Å². The van der Waals surface area contributed by atoms with Crippen molar-refractivity contribution in [2.45, 2.75) is 25.3 Å². The number of hydrogen-bond donors (Lipinski definition) is 0. The van der Waals surface area contributed by atoms with Crippen molar-refractivity contribution in [1.82, 2.24) is 4.57 Å². The first kappa shape index (κ1) is 19.8. The Morgan fingerprint density at radius 2 is 1.96 bits per heavy atom. The van der Waals surface area contributed by atoms with E-state index in [-0.39, 0.29) is 12.4 Å². The van der Waals surface area contributed by atoms with Gasteiger partial charge in [0, 0.05) is 28.4 Å². The topological polar surface area (TPSA) is 57.5 Å². The van der Waals surface area contributed by atoms with Crippen LogP contribution in [0.2, 0.25) is 0 Å². The summed E-state index contributed by atoms with van der Waals surface area (Å²) in [6, 6.07) is 7.04. The monoisotopic (exact) mass is 373 g/mol. The van der Waals surface area contributed by atoms with E-state index >= 15 is 0 Å². The minimum Gasteiger partial charge on any atom is -0.496 e. The van der Waals surface area contributed by atoms with Gasteiger partial charge in [-0.15, -0.1) is 18.3 Å². The molecule has 0 amide bonds. The van der Waals surface area contributed by atoms with Crippen LogP contribution in [0.4, 0.5) is 0 Å². The first-order valence-electron chi connectivity index (χ1n) is 8.12. The van der Waals surface area contributed by atoms with E-state index in [1.807, 2.05) is 36.8 Å². The van der Waals surface area contributed by atoms with Gasteiger partial charge in [0.1, 0.15) is 11.3 Å². The van der Waals surface area contributed by atoms with Crippen molar-refractivity contribution in [2.24, 2.45) is 0 Å². The van der Waals surface area contributed by atoms with Gasteiger partial charge in [0.2, 0.25) is 5.78 Å². The fourth-order valence-corrected chi connectivity index (χ4v) is 3.18. The van der Waals surface area contributed by atoms with Gasteiger partial charge >= 0.3 is 5.97 Å². The molecule has 0 saturated heterocycles. The summed E-state index contributed by atoms with van der Waals surface area (Å²) in [5, 5.41) is 0. The molecule has 0 aliphatic carbocycles. The van der Waals surface area contributed by atoms with Gasteiger partial charge in [0.05, 0.1) is 7.11 Å². The van der Waals surface area contributed by atoms with Crippen molar-refractivity contribution >= 4 is 23.5 Å². The molecule has 1 aromatic carbocycles. The van der Waals surface area contributed by atoms with Crippen LogP contribution in [0.1, 0.15) is 32.1 Å². The molecular weight excluding hydrogens is 350 g/mol. The molecule has 138 valence electrons. The molecule has 26 heavy (non-hydrogen) atoms. The molecule has 0 saturated carbocycles. The Kier molecular flexibility index (Phi) is 6.69. The van der Waals surface area contributed by atoms with Gasteiger partial charge in [-0.3, -0.25) is 4.79 Å². The zero-order valence-corrected chi connectivity index (χ0v) is 16.3. The van der Waals surface area contributed by atoms with Crippen molar-refractivity contribution in [2.75, 3.05) is 20.0 Å². The molecule has 0 radical (unpaired) electrons. The molecule has 0 aliphatic heterocycles. The Hall–Kier alpha value is -2.47. The second-order valence-corrected chi connectivity index (χ2v) is 6.63. The van der Waals surface area contributed by atoms with E-state index in [2.05, 4.69) is 6.58 Å². The smallest absolute Gasteiger partial charge is 0.342 e. The first-order chi connectivity index (χ1) is 12.4. The number of allylic oxidation sites excluding steroid dienone is 1. The summed E-state index contributed by atoms with van der Waals surface area (Å²) in [4.78, 5) is 25.8. The molecule has 1 aromatic heterocycles. The first-order valence-corrected chi connectivity index (χ1v) is 9.35. The van der Waals surface area contributed by atoms with Gasteiger partial charge < -0.3 is 14.0 Å². The van der Waals surface area contributed by atoms with Crippen LogP contribution in [0, 0.1) is 13.8 Å². The van der Waals surface area contributed by atoms with E-state index in [9.17, 15) is 9.59 Å². The number of Topliss-reactive ketones (excluding diaryl/α,β-unsaturated/α-hetero) is 1. The van der Waals surface area contributed by atoms with E-state index in [0.29, 0.717) is 23.4 Å². The number of methoxy groups -OCH3 is 1. The minimum absolute atomic E-state index is 0.235. The average Bonchev–Trinajstić information content (AvgIpc) is 2.93. The van der Waals surface area contributed by atoms with Crippen LogP contribution in [-0.4, -0.2) is 36.3 Å². The number of aryl methyl sites for hydroxylation is 1. The lowest BCUT2D eigenvalue weighted by Gasteiger charge is -2.10. The Morgan fingerprint density at radius 3 is 2.58 bits per heavy atom. The number of aromatic nitrogens is 1. The Balaban J connectivity index is 2.11. The normalized spacial score (nSPS) is 10.5. The second-order valence-electron chi connectivity index (χ2n) is 5.75. The van der Waals surface area contributed by atoms with E-state index < -0.39 is 5.97 Å². The zero-order chi connectivity index (χ0) is 19.3. The molecule has 0 bridgehead atoms. The Labute approximate surface area is 158 Å². The molecular formula is C20H23NO4S. The summed E-state index contributed by atoms with van der Waals surface area (Å²) in [7, 11) is 1.50. The summed E-state index contributed by atoms with van der Waals surface area (Å²) in [5.41, 5.74) is 2.66. The summed E-state index contributed by atoms with van der Waals surface area (Å²) >= 11 is 1.55. The van der Waals surface area contributed by atoms with Crippen molar-refractivity contribution < 1.29 is 19.1 Å². The SMILES string of the molecule is C=CCn1c(C)cc(C(=O)COC(=O)c2ccc(SC)cc2OC)c1C. The Bertz CT molecular complexity index is 839. The third-order valence-corrected chi connectivity index (χ3v) is 4.87. The number of rotatable bonds is 8. The molecule has 6 heteroatoms. The molecule has 0 fully saturated rings. The summed E-state index contributed by atoms with van der Waals surface area (Å²) in [5.74, 6) is -0.386. The third kappa shape index (κ3) is 4.19. The lowest BCUT2D eigenvalue weighted by Crippen LogP contribution is -2.15. The molecule has 0 unspecified atom stereocenters. The fraction of sp³-hybridized carbons (Fsp3) is 0.300. The highest BCUT2D eigenvalue weighted by molar-refractivity contribution is 7.98. The summed E-state index contributed by atoms with van der Waals surface area (Å²) < 4.78 is 12.5. The predicted octanol–water partition coefficient (Wildman–Crippen LogP) is 4.06. The van der Waals surface area contributed by atoms with Crippen LogP contribution in [0.5, 0.6) is 5.75 Å². The highest BCUT2D eigenvalue weighted by atomic mass is 32.2. The molecule has 0 atom stereocenters. The number of ketones is 1. The molecule has 0 aliphatic rings. The summed E-state index contributed by atoms with van der Waals surface area (Å²) in [6.07, 6.45) is 3.72. The molecule has 5 nitrogen and oxygen atoms in total. The van der Waals surface area contributed by atoms with Crippen LogP contribution < -0.4 is 4.74 Å². The largest absolute Gasteiger partial charge is 0.496 e. The van der Waals surface area contributed by atoms with Crippen molar-refractivity contribution in [3.63, 3.8) is 0 Å². The third-order valence-electron chi connectivity index (χ3n) is 4.15. The van der Waals surface area contributed by atoms with Crippen LogP contribution in [0.3, 0.4) is 0 Å². The molecule has 2 aromatic rings. The van der Waals surface area contributed by atoms with Crippen LogP contribution in [0.25, 0.3) is 0 Å².